The zero-order valence-electron chi connectivity index (χ0n) is 11.5. The van der Waals surface area contributed by atoms with Crippen LogP contribution in [0.4, 0.5) is 5.69 Å². The lowest BCUT2D eigenvalue weighted by atomic mass is 10.3. The Morgan fingerprint density at radius 2 is 2.14 bits per heavy atom. The summed E-state index contributed by atoms with van der Waals surface area (Å²) in [4.78, 5) is 10.4. The molecule has 2 aromatic rings. The first kappa shape index (κ1) is 16.0. The number of aromatic nitrogens is 2. The molecule has 0 N–H and O–H groups in total. The maximum atomic E-state index is 10.8. The number of halogens is 2. The quantitative estimate of drug-likeness (QED) is 0.543. The number of hydrogen-bond donors (Lipinski definition) is 0. The second-order valence-corrected chi connectivity index (χ2v) is 5.99. The minimum Gasteiger partial charge on any atom is -0.486 e. The van der Waals surface area contributed by atoms with E-state index in [2.05, 4.69) is 37.0 Å². The van der Waals surface area contributed by atoms with Crippen molar-refractivity contribution in [1.82, 2.24) is 9.78 Å². The second kappa shape index (κ2) is 6.57. The summed E-state index contributed by atoms with van der Waals surface area (Å²) in [6, 6.07) is 4.42. The Hall–Kier alpha value is -1.41. The van der Waals surface area contributed by atoms with Crippen molar-refractivity contribution in [1.29, 1.82) is 0 Å². The van der Waals surface area contributed by atoms with E-state index in [9.17, 15) is 10.1 Å². The van der Waals surface area contributed by atoms with Gasteiger partial charge in [-0.25, -0.2) is 0 Å². The Kier molecular flexibility index (Phi) is 5.00. The molecule has 112 valence electrons. The lowest BCUT2D eigenvalue weighted by Gasteiger charge is -2.08. The lowest BCUT2D eigenvalue weighted by Crippen LogP contribution is -2.04. The van der Waals surface area contributed by atoms with Crippen molar-refractivity contribution in [3.63, 3.8) is 0 Å². The van der Waals surface area contributed by atoms with Gasteiger partial charge in [0.2, 0.25) is 0 Å². The average molecular weight is 419 g/mol. The molecule has 0 saturated heterocycles. The second-order valence-electron chi connectivity index (χ2n) is 4.35. The van der Waals surface area contributed by atoms with E-state index in [0.29, 0.717) is 10.2 Å². The Morgan fingerprint density at radius 3 is 2.71 bits per heavy atom. The van der Waals surface area contributed by atoms with Crippen LogP contribution >= 0.6 is 31.9 Å². The molecule has 0 spiro atoms. The van der Waals surface area contributed by atoms with Gasteiger partial charge in [0.25, 0.3) is 5.69 Å². The number of rotatable bonds is 5. The zero-order valence-corrected chi connectivity index (χ0v) is 14.6. The van der Waals surface area contributed by atoms with E-state index in [1.807, 2.05) is 14.0 Å². The highest BCUT2D eigenvalue weighted by molar-refractivity contribution is 9.10. The number of aryl methyl sites for hydroxylation is 2. The number of hydrogen-bond acceptors (Lipinski definition) is 4. The fourth-order valence-corrected chi connectivity index (χ4v) is 2.93. The van der Waals surface area contributed by atoms with Crippen LogP contribution in [-0.4, -0.2) is 14.7 Å². The Balaban J connectivity index is 2.22. The van der Waals surface area contributed by atoms with Gasteiger partial charge in [-0.1, -0.05) is 6.92 Å². The molecule has 21 heavy (non-hydrogen) atoms. The van der Waals surface area contributed by atoms with Crippen molar-refractivity contribution in [3.8, 4) is 5.75 Å². The van der Waals surface area contributed by atoms with Gasteiger partial charge in [-0.15, -0.1) is 0 Å². The highest BCUT2D eigenvalue weighted by atomic mass is 79.9. The molecule has 0 radical (unpaired) electrons. The van der Waals surface area contributed by atoms with Crippen LogP contribution in [0.25, 0.3) is 0 Å². The third-order valence-corrected chi connectivity index (χ3v) is 4.56. The number of non-ortho nitro benzene ring substituents is 1. The van der Waals surface area contributed by atoms with E-state index < -0.39 is 4.92 Å². The molecule has 0 saturated carbocycles. The molecular formula is C13H13Br2N3O3. The van der Waals surface area contributed by atoms with Crippen molar-refractivity contribution in [2.24, 2.45) is 7.05 Å². The largest absolute Gasteiger partial charge is 0.486 e. The van der Waals surface area contributed by atoms with Gasteiger partial charge in [0, 0.05) is 13.1 Å². The van der Waals surface area contributed by atoms with E-state index >= 15 is 0 Å². The molecule has 0 bridgehead atoms. The molecule has 0 aliphatic heterocycles. The van der Waals surface area contributed by atoms with Gasteiger partial charge in [0.05, 0.1) is 31.3 Å². The normalized spacial score (nSPS) is 10.7. The van der Waals surface area contributed by atoms with Gasteiger partial charge in [-0.2, -0.15) is 5.10 Å². The van der Waals surface area contributed by atoms with Crippen LogP contribution in [0.3, 0.4) is 0 Å². The molecule has 2 rings (SSSR count). The van der Waals surface area contributed by atoms with Crippen LogP contribution in [0.2, 0.25) is 0 Å². The van der Waals surface area contributed by atoms with Gasteiger partial charge in [0.1, 0.15) is 12.4 Å². The third-order valence-electron chi connectivity index (χ3n) is 2.99. The molecular weight excluding hydrogens is 406 g/mol. The monoisotopic (exact) mass is 417 g/mol. The van der Waals surface area contributed by atoms with Crippen LogP contribution < -0.4 is 4.74 Å². The predicted molar refractivity (Wildman–Crippen MR) is 85.4 cm³/mol. The smallest absolute Gasteiger partial charge is 0.273 e. The molecule has 0 unspecified atom stereocenters. The maximum absolute atomic E-state index is 10.8. The summed E-state index contributed by atoms with van der Waals surface area (Å²) in [5, 5.41) is 15.2. The highest BCUT2D eigenvalue weighted by Crippen LogP contribution is 2.31. The first-order chi connectivity index (χ1) is 9.93. The highest BCUT2D eigenvalue weighted by Gasteiger charge is 2.15. The van der Waals surface area contributed by atoms with E-state index in [1.54, 1.807) is 10.7 Å². The van der Waals surface area contributed by atoms with Crippen molar-refractivity contribution in [2.75, 3.05) is 0 Å². The van der Waals surface area contributed by atoms with Crippen LogP contribution in [-0.2, 0) is 20.1 Å². The SMILES string of the molecule is CCc1nn(C)c(COc2cc([N+](=O)[O-])ccc2Br)c1Br. The van der Waals surface area contributed by atoms with Crippen molar-refractivity contribution < 1.29 is 9.66 Å². The summed E-state index contributed by atoms with van der Waals surface area (Å²) in [5.41, 5.74) is 1.82. The number of benzene rings is 1. The van der Waals surface area contributed by atoms with Crippen LogP contribution in [0, 0.1) is 10.1 Å². The van der Waals surface area contributed by atoms with Gasteiger partial charge in [-0.3, -0.25) is 14.8 Å². The number of nitrogens with zero attached hydrogens (tertiary/aromatic N) is 3. The van der Waals surface area contributed by atoms with E-state index in [4.69, 9.17) is 4.74 Å². The first-order valence-electron chi connectivity index (χ1n) is 6.21. The van der Waals surface area contributed by atoms with Crippen molar-refractivity contribution >= 4 is 37.5 Å². The molecule has 0 atom stereocenters. The van der Waals surface area contributed by atoms with E-state index in [-0.39, 0.29) is 12.3 Å². The molecule has 1 heterocycles. The average Bonchev–Trinajstić information content (AvgIpc) is 2.72. The Morgan fingerprint density at radius 1 is 1.43 bits per heavy atom. The summed E-state index contributed by atoms with van der Waals surface area (Å²) < 4.78 is 9.02. The maximum Gasteiger partial charge on any atom is 0.273 e. The Bertz CT molecular complexity index is 686. The van der Waals surface area contributed by atoms with E-state index in [0.717, 1.165) is 22.3 Å². The molecule has 6 nitrogen and oxygen atoms in total. The molecule has 1 aromatic carbocycles. The summed E-state index contributed by atoms with van der Waals surface area (Å²) in [5.74, 6) is 0.426. The topological polar surface area (TPSA) is 70.2 Å². The third kappa shape index (κ3) is 3.44. The zero-order chi connectivity index (χ0) is 15.6. The fourth-order valence-electron chi connectivity index (χ4n) is 1.84. The lowest BCUT2D eigenvalue weighted by molar-refractivity contribution is -0.385. The molecule has 0 aliphatic rings. The van der Waals surface area contributed by atoms with Crippen molar-refractivity contribution in [2.45, 2.75) is 20.0 Å². The number of nitro groups is 1. The summed E-state index contributed by atoms with van der Waals surface area (Å²) >= 11 is 6.84. The summed E-state index contributed by atoms with van der Waals surface area (Å²) in [6.07, 6.45) is 0.814. The minimum atomic E-state index is -0.450. The van der Waals surface area contributed by atoms with Gasteiger partial charge in [-0.05, 0) is 44.3 Å². The first-order valence-corrected chi connectivity index (χ1v) is 7.79. The Labute approximate surface area is 138 Å². The van der Waals surface area contributed by atoms with Gasteiger partial charge in [0.15, 0.2) is 0 Å². The van der Waals surface area contributed by atoms with E-state index in [1.165, 1.54) is 12.1 Å². The number of nitro benzene ring substituents is 1. The summed E-state index contributed by atoms with van der Waals surface area (Å²) in [6.45, 7) is 2.29. The molecule has 0 aliphatic carbocycles. The fraction of sp³-hybridized carbons (Fsp3) is 0.308. The summed E-state index contributed by atoms with van der Waals surface area (Å²) in [7, 11) is 1.84. The molecule has 0 fully saturated rings. The van der Waals surface area contributed by atoms with Crippen LogP contribution in [0.1, 0.15) is 18.3 Å². The minimum absolute atomic E-state index is 0.00785. The number of ether oxygens (including phenoxy) is 1. The van der Waals surface area contributed by atoms with Crippen LogP contribution in [0.15, 0.2) is 27.1 Å². The molecule has 0 amide bonds. The van der Waals surface area contributed by atoms with Gasteiger partial charge < -0.3 is 4.74 Å². The van der Waals surface area contributed by atoms with Gasteiger partial charge >= 0.3 is 0 Å². The standard InChI is InChI=1S/C13H13Br2N3O3/c1-3-10-13(15)11(17(2)16-10)7-21-12-6-8(18(19)20)4-5-9(12)14/h4-6H,3,7H2,1-2H3. The van der Waals surface area contributed by atoms with Crippen molar-refractivity contribution in [3.05, 3.63) is 48.6 Å². The molecule has 8 heteroatoms. The molecule has 1 aromatic heterocycles. The van der Waals surface area contributed by atoms with Crippen LogP contribution in [0.5, 0.6) is 5.75 Å². The predicted octanol–water partition coefficient (Wildman–Crippen LogP) is 3.99.